The predicted molar refractivity (Wildman–Crippen MR) is 126 cm³/mol. The van der Waals surface area contributed by atoms with Gasteiger partial charge in [0.25, 0.3) is 0 Å². The number of hydrogen-bond donors (Lipinski definition) is 2. The third kappa shape index (κ3) is 8.47. The highest BCUT2D eigenvalue weighted by molar-refractivity contribution is 14.0. The molecule has 0 unspecified atom stereocenters. The minimum Gasteiger partial charge on any atom is -0.491 e. The molecule has 0 bridgehead atoms. The summed E-state index contributed by atoms with van der Waals surface area (Å²) in [6.45, 7) is 12.6. The number of guanidine groups is 1. The number of aryl methyl sites for hydroxylation is 2. The van der Waals surface area contributed by atoms with Crippen molar-refractivity contribution in [1.82, 2.24) is 15.6 Å². The Labute approximate surface area is 184 Å². The first-order valence-corrected chi connectivity index (χ1v) is 10.00. The van der Waals surface area contributed by atoms with Gasteiger partial charge in [0.05, 0.1) is 23.4 Å². The zero-order valence-corrected chi connectivity index (χ0v) is 20.0. The summed E-state index contributed by atoms with van der Waals surface area (Å²) in [5.74, 6) is 1.76. The van der Waals surface area contributed by atoms with Gasteiger partial charge in [-0.1, -0.05) is 12.1 Å². The highest BCUT2D eigenvalue weighted by Crippen LogP contribution is 2.18. The van der Waals surface area contributed by atoms with Crippen molar-refractivity contribution >= 4 is 41.3 Å². The Morgan fingerprint density at radius 3 is 2.44 bits per heavy atom. The molecule has 2 N–H and O–H groups in total. The van der Waals surface area contributed by atoms with Crippen molar-refractivity contribution in [3.8, 4) is 5.75 Å². The molecular weight excluding hydrogens is 471 g/mol. The van der Waals surface area contributed by atoms with E-state index < -0.39 is 0 Å². The largest absolute Gasteiger partial charge is 0.491 e. The summed E-state index contributed by atoms with van der Waals surface area (Å²) >= 11 is 1.71. The number of nitrogens with one attached hydrogen (secondary N) is 2. The highest BCUT2D eigenvalue weighted by Gasteiger charge is 2.05. The lowest BCUT2D eigenvalue weighted by atomic mass is 10.1. The summed E-state index contributed by atoms with van der Waals surface area (Å²) in [6.07, 6.45) is 1.14. The summed E-state index contributed by atoms with van der Waals surface area (Å²) in [5.41, 5.74) is 2.36. The van der Waals surface area contributed by atoms with Crippen LogP contribution in [0.4, 0.5) is 0 Å². The van der Waals surface area contributed by atoms with Gasteiger partial charge in [-0.05, 0) is 58.7 Å². The molecule has 0 aliphatic rings. The van der Waals surface area contributed by atoms with Gasteiger partial charge in [0.15, 0.2) is 5.96 Å². The van der Waals surface area contributed by atoms with E-state index in [1.54, 1.807) is 11.3 Å². The Bertz CT molecular complexity index is 713. The Hall–Kier alpha value is -1.35. The minimum absolute atomic E-state index is 0. The molecule has 0 saturated heterocycles. The smallest absolute Gasteiger partial charge is 0.191 e. The first-order valence-electron chi connectivity index (χ1n) is 9.18. The number of hydrogen-bond acceptors (Lipinski definition) is 4. The predicted octanol–water partition coefficient (Wildman–Crippen LogP) is 4.46. The molecule has 2 aromatic rings. The Morgan fingerprint density at radius 2 is 1.89 bits per heavy atom. The van der Waals surface area contributed by atoms with Gasteiger partial charge in [-0.2, -0.15) is 0 Å². The third-order valence-corrected chi connectivity index (χ3v) is 4.78. The van der Waals surface area contributed by atoms with Gasteiger partial charge in [0.1, 0.15) is 5.75 Å². The van der Waals surface area contributed by atoms with Crippen molar-refractivity contribution in [2.75, 3.05) is 13.1 Å². The lowest BCUT2D eigenvalue weighted by molar-refractivity contribution is 0.242. The maximum atomic E-state index is 5.68. The van der Waals surface area contributed by atoms with E-state index in [-0.39, 0.29) is 30.1 Å². The molecule has 0 aliphatic carbocycles. The van der Waals surface area contributed by atoms with E-state index in [4.69, 9.17) is 4.74 Å². The second-order valence-electron chi connectivity index (χ2n) is 6.42. The minimum atomic E-state index is 0. The van der Waals surface area contributed by atoms with Crippen molar-refractivity contribution in [3.63, 3.8) is 0 Å². The molecule has 0 spiro atoms. The van der Waals surface area contributed by atoms with E-state index >= 15 is 0 Å². The molecule has 7 heteroatoms. The molecule has 0 fully saturated rings. The fourth-order valence-corrected chi connectivity index (χ4v) is 3.41. The number of halogens is 1. The first kappa shape index (κ1) is 23.7. The van der Waals surface area contributed by atoms with Crippen LogP contribution in [0.2, 0.25) is 0 Å². The van der Waals surface area contributed by atoms with Crippen LogP contribution in [0.3, 0.4) is 0 Å². The average Bonchev–Trinajstić information content (AvgIpc) is 2.91. The molecule has 27 heavy (non-hydrogen) atoms. The molecule has 0 saturated carbocycles. The van der Waals surface area contributed by atoms with E-state index in [1.165, 1.54) is 10.4 Å². The van der Waals surface area contributed by atoms with Crippen LogP contribution in [0.15, 0.2) is 29.3 Å². The summed E-state index contributed by atoms with van der Waals surface area (Å²) in [6, 6.07) is 8.30. The van der Waals surface area contributed by atoms with Gasteiger partial charge in [0, 0.05) is 18.0 Å². The number of rotatable bonds is 8. The summed E-state index contributed by atoms with van der Waals surface area (Å²) in [7, 11) is 0. The van der Waals surface area contributed by atoms with E-state index in [9.17, 15) is 0 Å². The second kappa shape index (κ2) is 12.2. The zero-order chi connectivity index (χ0) is 18.9. The van der Waals surface area contributed by atoms with Gasteiger partial charge >= 0.3 is 0 Å². The van der Waals surface area contributed by atoms with Crippen LogP contribution < -0.4 is 15.4 Å². The molecule has 0 amide bonds. The number of thiazole rings is 1. The standard InChI is InChI=1S/C20H30N4OS.HI/c1-6-21-20(23-13-19-15(4)24-16(5)26-19)22-12-11-17-7-9-18(10-8-17)25-14(2)3;/h7-10,14H,6,11-13H2,1-5H3,(H2,21,22,23);1H. The zero-order valence-electron chi connectivity index (χ0n) is 16.8. The monoisotopic (exact) mass is 502 g/mol. The topological polar surface area (TPSA) is 58.5 Å². The molecule has 1 aromatic carbocycles. The Morgan fingerprint density at radius 1 is 1.19 bits per heavy atom. The van der Waals surface area contributed by atoms with Crippen LogP contribution in [-0.4, -0.2) is 30.1 Å². The van der Waals surface area contributed by atoms with Gasteiger partial charge < -0.3 is 15.4 Å². The van der Waals surface area contributed by atoms with Gasteiger partial charge in [-0.15, -0.1) is 35.3 Å². The Balaban J connectivity index is 0.00000364. The summed E-state index contributed by atoms with van der Waals surface area (Å²) < 4.78 is 5.68. The molecular formula is C20H31IN4OS. The van der Waals surface area contributed by atoms with Crippen molar-refractivity contribution in [2.24, 2.45) is 4.99 Å². The van der Waals surface area contributed by atoms with Gasteiger partial charge in [0.2, 0.25) is 0 Å². The van der Waals surface area contributed by atoms with Crippen LogP contribution in [-0.2, 0) is 13.0 Å². The average molecular weight is 502 g/mol. The summed E-state index contributed by atoms with van der Waals surface area (Å²) in [5, 5.41) is 7.80. The maximum absolute atomic E-state index is 5.68. The molecule has 0 atom stereocenters. The van der Waals surface area contributed by atoms with Crippen molar-refractivity contribution in [2.45, 2.75) is 53.7 Å². The van der Waals surface area contributed by atoms with E-state index in [0.717, 1.165) is 41.9 Å². The lowest BCUT2D eigenvalue weighted by Gasteiger charge is -2.12. The molecule has 0 aliphatic heterocycles. The van der Waals surface area contributed by atoms with E-state index in [0.29, 0.717) is 6.54 Å². The summed E-state index contributed by atoms with van der Waals surface area (Å²) in [4.78, 5) is 10.4. The first-order chi connectivity index (χ1) is 12.5. The maximum Gasteiger partial charge on any atom is 0.191 e. The van der Waals surface area contributed by atoms with Crippen LogP contribution in [0.1, 0.15) is 41.9 Å². The fourth-order valence-electron chi connectivity index (χ4n) is 2.54. The van der Waals surface area contributed by atoms with Crippen LogP contribution in [0, 0.1) is 13.8 Å². The lowest BCUT2D eigenvalue weighted by Crippen LogP contribution is -2.38. The van der Waals surface area contributed by atoms with Crippen molar-refractivity contribution in [3.05, 3.63) is 45.4 Å². The van der Waals surface area contributed by atoms with Crippen LogP contribution in [0.25, 0.3) is 0 Å². The normalized spacial score (nSPS) is 11.3. The quantitative estimate of drug-likeness (QED) is 0.318. The van der Waals surface area contributed by atoms with Crippen molar-refractivity contribution in [1.29, 1.82) is 0 Å². The molecule has 2 rings (SSSR count). The number of aromatic nitrogens is 1. The van der Waals surface area contributed by atoms with E-state index in [1.807, 2.05) is 39.8 Å². The molecule has 1 heterocycles. The van der Waals surface area contributed by atoms with Gasteiger partial charge in [-0.3, -0.25) is 0 Å². The Kier molecular flexibility index (Phi) is 10.7. The van der Waals surface area contributed by atoms with E-state index in [2.05, 4.69) is 39.7 Å². The number of nitrogens with zero attached hydrogens (tertiary/aromatic N) is 2. The van der Waals surface area contributed by atoms with Crippen molar-refractivity contribution < 1.29 is 4.74 Å². The second-order valence-corrected chi connectivity index (χ2v) is 7.71. The number of ether oxygens (including phenoxy) is 1. The number of benzene rings is 1. The molecule has 150 valence electrons. The van der Waals surface area contributed by atoms with Gasteiger partial charge in [-0.25, -0.2) is 9.98 Å². The SMILES string of the molecule is CCNC(=NCc1sc(C)nc1C)NCCc1ccc(OC(C)C)cc1.I. The fraction of sp³-hybridized carbons (Fsp3) is 0.500. The molecule has 0 radical (unpaired) electrons. The molecule has 1 aromatic heterocycles. The van der Waals surface area contributed by atoms with Crippen LogP contribution >= 0.6 is 35.3 Å². The highest BCUT2D eigenvalue weighted by atomic mass is 127. The molecule has 5 nitrogen and oxygen atoms in total. The third-order valence-electron chi connectivity index (χ3n) is 3.73. The number of aliphatic imine (C=N–C) groups is 1. The van der Waals surface area contributed by atoms with Crippen LogP contribution in [0.5, 0.6) is 5.75 Å².